The minimum Gasteiger partial charge on any atom is -0.348 e. The molecule has 0 saturated carbocycles. The Labute approximate surface area is 161 Å². The van der Waals surface area contributed by atoms with Crippen LogP contribution in [0.5, 0.6) is 0 Å². The molecule has 0 fully saturated rings. The van der Waals surface area contributed by atoms with Crippen molar-refractivity contribution in [2.45, 2.75) is 39.2 Å². The summed E-state index contributed by atoms with van der Waals surface area (Å²) < 4.78 is 16.3. The fourth-order valence-electron chi connectivity index (χ4n) is 3.67. The summed E-state index contributed by atoms with van der Waals surface area (Å²) in [6.45, 7) is 6.60. The molecule has 0 aliphatic heterocycles. The summed E-state index contributed by atoms with van der Waals surface area (Å²) in [5, 5.41) is 4.68. The third-order valence-corrected chi connectivity index (χ3v) is 5.55. The van der Waals surface area contributed by atoms with E-state index in [9.17, 15) is 9.18 Å². The van der Waals surface area contributed by atoms with Crippen LogP contribution in [0.4, 0.5) is 4.39 Å². The van der Waals surface area contributed by atoms with E-state index >= 15 is 0 Å². The zero-order chi connectivity index (χ0) is 19.9. The van der Waals surface area contributed by atoms with Crippen LogP contribution in [-0.2, 0) is 12.0 Å². The molecule has 6 nitrogen and oxygen atoms in total. The molecule has 3 heterocycles. The minimum absolute atomic E-state index is 0.206. The standard InChI is InChI=1S/C21H22FN5O/c1-4-21(3,20-23-8-9-24-20)15-6-7-17(26-19(15)28)13-10-16(22)14-12-25-27(5-2)18(14)11-13/h6-12H,4-5H2,1-3H3,(H,23,24)(H,26,28). The van der Waals surface area contributed by atoms with Gasteiger partial charge >= 0.3 is 0 Å². The van der Waals surface area contributed by atoms with E-state index in [-0.39, 0.29) is 11.4 Å². The summed E-state index contributed by atoms with van der Waals surface area (Å²) in [5.41, 5.74) is 1.76. The molecule has 4 aromatic rings. The van der Waals surface area contributed by atoms with Crippen LogP contribution in [0.25, 0.3) is 22.2 Å². The Morgan fingerprint density at radius 2 is 2.07 bits per heavy atom. The zero-order valence-corrected chi connectivity index (χ0v) is 16.1. The number of aromatic amines is 2. The smallest absolute Gasteiger partial charge is 0.252 e. The average molecular weight is 379 g/mol. The number of nitrogens with one attached hydrogen (secondary N) is 2. The molecule has 0 saturated heterocycles. The van der Waals surface area contributed by atoms with Gasteiger partial charge in [0.2, 0.25) is 0 Å². The van der Waals surface area contributed by atoms with Crippen molar-refractivity contribution in [2.24, 2.45) is 0 Å². The number of imidazole rings is 1. The normalized spacial score (nSPS) is 13.7. The largest absolute Gasteiger partial charge is 0.348 e. The van der Waals surface area contributed by atoms with E-state index in [1.54, 1.807) is 23.1 Å². The van der Waals surface area contributed by atoms with Crippen molar-refractivity contribution in [3.63, 3.8) is 0 Å². The Balaban J connectivity index is 1.82. The van der Waals surface area contributed by atoms with Crippen LogP contribution in [0.3, 0.4) is 0 Å². The lowest BCUT2D eigenvalue weighted by molar-refractivity contribution is 0.513. The summed E-state index contributed by atoms with van der Waals surface area (Å²) in [5.74, 6) is 0.388. The van der Waals surface area contributed by atoms with Crippen molar-refractivity contribution >= 4 is 10.9 Å². The van der Waals surface area contributed by atoms with Crippen molar-refractivity contribution < 1.29 is 4.39 Å². The fraction of sp³-hybridized carbons (Fsp3) is 0.286. The van der Waals surface area contributed by atoms with Gasteiger partial charge in [0.15, 0.2) is 0 Å². The molecule has 2 N–H and O–H groups in total. The second kappa shape index (κ2) is 6.74. The predicted octanol–water partition coefficient (Wildman–Crippen LogP) is 3.99. The number of H-pyrrole nitrogens is 2. The molecule has 0 amide bonds. The maximum atomic E-state index is 14.5. The molecule has 4 rings (SSSR count). The van der Waals surface area contributed by atoms with Crippen molar-refractivity contribution in [1.82, 2.24) is 24.7 Å². The quantitative estimate of drug-likeness (QED) is 0.550. The Kier molecular flexibility index (Phi) is 4.37. The Bertz CT molecular complexity index is 1190. The van der Waals surface area contributed by atoms with Crippen LogP contribution >= 0.6 is 0 Å². The van der Waals surface area contributed by atoms with Gasteiger partial charge in [-0.05, 0) is 38.5 Å². The van der Waals surface area contributed by atoms with Gasteiger partial charge in [0.1, 0.15) is 11.6 Å². The fourth-order valence-corrected chi connectivity index (χ4v) is 3.67. The highest BCUT2D eigenvalue weighted by Gasteiger charge is 2.32. The number of fused-ring (bicyclic) bond motifs is 1. The number of nitrogens with zero attached hydrogens (tertiary/aromatic N) is 3. The Hall–Kier alpha value is -3.22. The van der Waals surface area contributed by atoms with Crippen LogP contribution in [0.1, 0.15) is 38.6 Å². The van der Waals surface area contributed by atoms with E-state index in [1.807, 2.05) is 32.9 Å². The number of halogens is 1. The number of aromatic nitrogens is 5. The molecule has 0 spiro atoms. The van der Waals surface area contributed by atoms with E-state index in [4.69, 9.17) is 0 Å². The van der Waals surface area contributed by atoms with E-state index in [0.717, 1.165) is 5.82 Å². The predicted molar refractivity (Wildman–Crippen MR) is 107 cm³/mol. The average Bonchev–Trinajstić information content (AvgIpc) is 3.37. The van der Waals surface area contributed by atoms with Crippen LogP contribution in [-0.4, -0.2) is 24.7 Å². The van der Waals surface area contributed by atoms with Crippen molar-refractivity contribution in [2.75, 3.05) is 0 Å². The summed E-state index contributed by atoms with van der Waals surface area (Å²) in [6, 6.07) is 6.91. The van der Waals surface area contributed by atoms with Gasteiger partial charge in [-0.2, -0.15) is 5.10 Å². The van der Waals surface area contributed by atoms with Crippen LogP contribution < -0.4 is 5.56 Å². The van der Waals surface area contributed by atoms with Gasteiger partial charge in [-0.25, -0.2) is 9.37 Å². The van der Waals surface area contributed by atoms with Gasteiger partial charge in [0, 0.05) is 35.8 Å². The molecule has 1 atom stereocenters. The molecule has 0 aliphatic carbocycles. The van der Waals surface area contributed by atoms with Gasteiger partial charge < -0.3 is 9.97 Å². The summed E-state index contributed by atoms with van der Waals surface area (Å²) in [7, 11) is 0. The maximum absolute atomic E-state index is 14.5. The Morgan fingerprint density at radius 3 is 2.71 bits per heavy atom. The second-order valence-electron chi connectivity index (χ2n) is 7.09. The number of hydrogen-bond donors (Lipinski definition) is 2. The number of aryl methyl sites for hydroxylation is 1. The highest BCUT2D eigenvalue weighted by Crippen LogP contribution is 2.32. The second-order valence-corrected chi connectivity index (χ2v) is 7.09. The van der Waals surface area contributed by atoms with Crippen molar-refractivity contribution in [3.8, 4) is 11.3 Å². The summed E-state index contributed by atoms with van der Waals surface area (Å²) in [4.78, 5) is 23.3. The molecule has 0 radical (unpaired) electrons. The topological polar surface area (TPSA) is 79.4 Å². The molecule has 3 aromatic heterocycles. The van der Waals surface area contributed by atoms with E-state index in [0.29, 0.717) is 40.7 Å². The first kappa shape index (κ1) is 18.2. The summed E-state index contributed by atoms with van der Waals surface area (Å²) in [6.07, 6.45) is 5.67. The lowest BCUT2D eigenvalue weighted by Gasteiger charge is -2.25. The lowest BCUT2D eigenvalue weighted by Crippen LogP contribution is -2.32. The number of benzene rings is 1. The lowest BCUT2D eigenvalue weighted by atomic mass is 9.80. The van der Waals surface area contributed by atoms with Gasteiger partial charge in [-0.15, -0.1) is 0 Å². The molecule has 28 heavy (non-hydrogen) atoms. The SMILES string of the molecule is CCn1ncc2c(F)cc(-c3ccc(C(C)(CC)c4ncc[nH]4)c(=O)[nH]3)cc21. The van der Waals surface area contributed by atoms with Crippen LogP contribution in [0, 0.1) is 5.82 Å². The minimum atomic E-state index is -0.536. The number of pyridine rings is 1. The van der Waals surface area contributed by atoms with E-state index < -0.39 is 5.41 Å². The maximum Gasteiger partial charge on any atom is 0.252 e. The molecule has 7 heteroatoms. The molecular weight excluding hydrogens is 357 g/mol. The van der Waals surface area contributed by atoms with Gasteiger partial charge in [0.25, 0.3) is 5.56 Å². The Morgan fingerprint density at radius 1 is 1.25 bits per heavy atom. The molecule has 1 aromatic carbocycles. The molecule has 144 valence electrons. The number of hydrogen-bond acceptors (Lipinski definition) is 3. The summed E-state index contributed by atoms with van der Waals surface area (Å²) >= 11 is 0. The third kappa shape index (κ3) is 2.74. The molecule has 0 aliphatic rings. The van der Waals surface area contributed by atoms with E-state index in [1.165, 1.54) is 12.3 Å². The van der Waals surface area contributed by atoms with Crippen molar-refractivity contribution in [1.29, 1.82) is 0 Å². The van der Waals surface area contributed by atoms with E-state index in [2.05, 4.69) is 20.1 Å². The monoisotopic (exact) mass is 379 g/mol. The highest BCUT2D eigenvalue weighted by molar-refractivity contribution is 5.84. The molecule has 0 bridgehead atoms. The molecule has 1 unspecified atom stereocenters. The third-order valence-electron chi connectivity index (χ3n) is 5.55. The van der Waals surface area contributed by atoms with Crippen LogP contribution in [0.2, 0.25) is 0 Å². The van der Waals surface area contributed by atoms with Crippen molar-refractivity contribution in [3.05, 3.63) is 70.4 Å². The number of rotatable bonds is 5. The highest BCUT2D eigenvalue weighted by atomic mass is 19.1. The first-order valence-electron chi connectivity index (χ1n) is 9.37. The van der Waals surface area contributed by atoms with Gasteiger partial charge in [-0.1, -0.05) is 13.0 Å². The first-order chi connectivity index (χ1) is 13.5. The molecular formula is C21H22FN5O. The van der Waals surface area contributed by atoms with Gasteiger partial charge in [0.05, 0.1) is 22.5 Å². The zero-order valence-electron chi connectivity index (χ0n) is 16.1. The van der Waals surface area contributed by atoms with Gasteiger partial charge in [-0.3, -0.25) is 9.48 Å². The van der Waals surface area contributed by atoms with Crippen LogP contribution in [0.15, 0.2) is 47.7 Å². The first-order valence-corrected chi connectivity index (χ1v) is 9.37.